The quantitative estimate of drug-likeness (QED) is 0.775. The molecule has 3 aliphatic rings. The van der Waals surface area contributed by atoms with E-state index in [0.29, 0.717) is 17.9 Å². The van der Waals surface area contributed by atoms with Crippen molar-refractivity contribution in [1.29, 1.82) is 0 Å². The summed E-state index contributed by atoms with van der Waals surface area (Å²) in [5.74, 6) is 1.51. The van der Waals surface area contributed by atoms with E-state index < -0.39 is 0 Å². The summed E-state index contributed by atoms with van der Waals surface area (Å²) in [6.07, 6.45) is 5.47. The SMILES string of the molecule is Cc1cc(C(=O)NC2CCN(CC3CCN(C)CC3)CC2)c2c(c1N)CCO2. The highest BCUT2D eigenvalue weighted by molar-refractivity contribution is 5.99. The Bertz CT molecular complexity index is 720. The highest BCUT2D eigenvalue weighted by Gasteiger charge is 2.28. The third-order valence-electron chi connectivity index (χ3n) is 6.75. The zero-order valence-electron chi connectivity index (χ0n) is 17.3. The van der Waals surface area contributed by atoms with E-state index in [2.05, 4.69) is 22.2 Å². The Labute approximate surface area is 168 Å². The summed E-state index contributed by atoms with van der Waals surface area (Å²) in [4.78, 5) is 17.9. The van der Waals surface area contributed by atoms with E-state index in [4.69, 9.17) is 10.5 Å². The van der Waals surface area contributed by atoms with Crippen LogP contribution in [0.25, 0.3) is 0 Å². The molecule has 154 valence electrons. The van der Waals surface area contributed by atoms with E-state index in [0.717, 1.165) is 55.1 Å². The molecule has 0 spiro atoms. The molecular weight excluding hydrogens is 352 g/mol. The molecule has 0 aromatic heterocycles. The molecule has 2 saturated heterocycles. The molecule has 1 aromatic carbocycles. The van der Waals surface area contributed by atoms with Crippen molar-refractivity contribution in [3.05, 3.63) is 22.8 Å². The number of anilines is 1. The third kappa shape index (κ3) is 4.13. The van der Waals surface area contributed by atoms with Gasteiger partial charge in [-0.3, -0.25) is 4.79 Å². The molecule has 6 heteroatoms. The van der Waals surface area contributed by atoms with Crippen LogP contribution in [0.5, 0.6) is 5.75 Å². The molecule has 0 saturated carbocycles. The van der Waals surface area contributed by atoms with E-state index in [1.54, 1.807) is 0 Å². The maximum absolute atomic E-state index is 12.9. The molecule has 2 fully saturated rings. The Balaban J connectivity index is 1.30. The predicted molar refractivity (Wildman–Crippen MR) is 112 cm³/mol. The van der Waals surface area contributed by atoms with Crippen molar-refractivity contribution < 1.29 is 9.53 Å². The first-order valence-corrected chi connectivity index (χ1v) is 10.8. The number of carbonyl (C=O) groups is 1. The maximum atomic E-state index is 12.9. The van der Waals surface area contributed by atoms with Gasteiger partial charge in [-0.05, 0) is 70.3 Å². The zero-order chi connectivity index (χ0) is 19.7. The number of amides is 1. The lowest BCUT2D eigenvalue weighted by atomic mass is 9.95. The summed E-state index contributed by atoms with van der Waals surface area (Å²) in [5, 5.41) is 3.25. The molecule has 1 aromatic rings. The molecule has 3 N–H and O–H groups in total. The van der Waals surface area contributed by atoms with Crippen LogP contribution in [0.3, 0.4) is 0 Å². The van der Waals surface area contributed by atoms with Crippen molar-refractivity contribution in [3.63, 3.8) is 0 Å². The van der Waals surface area contributed by atoms with Gasteiger partial charge in [-0.25, -0.2) is 0 Å². The van der Waals surface area contributed by atoms with Crippen molar-refractivity contribution >= 4 is 11.6 Å². The minimum absolute atomic E-state index is 0.0185. The van der Waals surface area contributed by atoms with Crippen LogP contribution in [-0.2, 0) is 6.42 Å². The number of nitrogens with two attached hydrogens (primary N) is 1. The Hall–Kier alpha value is -1.79. The topological polar surface area (TPSA) is 70.8 Å². The lowest BCUT2D eigenvalue weighted by molar-refractivity contribution is 0.0892. The van der Waals surface area contributed by atoms with Gasteiger partial charge >= 0.3 is 0 Å². The van der Waals surface area contributed by atoms with Crippen molar-refractivity contribution in [2.24, 2.45) is 5.92 Å². The second-order valence-corrected chi connectivity index (χ2v) is 8.86. The van der Waals surface area contributed by atoms with Gasteiger partial charge in [-0.1, -0.05) is 0 Å². The number of fused-ring (bicyclic) bond motifs is 1. The summed E-state index contributed by atoms with van der Waals surface area (Å²) in [5.41, 5.74) is 9.54. The molecule has 3 aliphatic heterocycles. The predicted octanol–water partition coefficient (Wildman–Crippen LogP) is 2.05. The fraction of sp³-hybridized carbons (Fsp3) is 0.682. The molecule has 0 radical (unpaired) electrons. The molecule has 3 heterocycles. The number of nitrogens with one attached hydrogen (secondary N) is 1. The average Bonchev–Trinajstić information content (AvgIpc) is 3.18. The summed E-state index contributed by atoms with van der Waals surface area (Å²) >= 11 is 0. The zero-order valence-corrected chi connectivity index (χ0v) is 17.3. The first kappa shape index (κ1) is 19.5. The minimum Gasteiger partial charge on any atom is -0.492 e. The molecule has 28 heavy (non-hydrogen) atoms. The molecule has 0 unspecified atom stereocenters. The summed E-state index contributed by atoms with van der Waals surface area (Å²) < 4.78 is 5.73. The fourth-order valence-electron chi connectivity index (χ4n) is 4.85. The summed E-state index contributed by atoms with van der Waals surface area (Å²) in [6.45, 7) is 8.40. The van der Waals surface area contributed by atoms with Gasteiger partial charge in [-0.2, -0.15) is 0 Å². The lowest BCUT2D eigenvalue weighted by Crippen LogP contribution is -2.46. The smallest absolute Gasteiger partial charge is 0.255 e. The number of hydrogen-bond acceptors (Lipinski definition) is 5. The molecule has 4 rings (SSSR count). The van der Waals surface area contributed by atoms with E-state index in [-0.39, 0.29) is 11.9 Å². The number of aryl methyl sites for hydroxylation is 1. The molecule has 1 amide bonds. The minimum atomic E-state index is -0.0185. The number of hydrogen-bond donors (Lipinski definition) is 2. The van der Waals surface area contributed by atoms with Crippen molar-refractivity contribution in [3.8, 4) is 5.75 Å². The van der Waals surface area contributed by atoms with Gasteiger partial charge in [0, 0.05) is 43.3 Å². The Morgan fingerprint density at radius 2 is 1.93 bits per heavy atom. The van der Waals surface area contributed by atoms with Crippen LogP contribution in [0.4, 0.5) is 5.69 Å². The van der Waals surface area contributed by atoms with Crippen LogP contribution < -0.4 is 15.8 Å². The summed E-state index contributed by atoms with van der Waals surface area (Å²) in [7, 11) is 2.22. The fourth-order valence-corrected chi connectivity index (χ4v) is 4.85. The molecule has 0 aliphatic carbocycles. The van der Waals surface area contributed by atoms with Gasteiger partial charge in [0.1, 0.15) is 5.75 Å². The number of benzene rings is 1. The second kappa shape index (κ2) is 8.29. The Morgan fingerprint density at radius 1 is 1.21 bits per heavy atom. The molecule has 0 atom stereocenters. The van der Waals surface area contributed by atoms with Crippen LogP contribution in [0.2, 0.25) is 0 Å². The van der Waals surface area contributed by atoms with Gasteiger partial charge in [0.25, 0.3) is 5.91 Å². The van der Waals surface area contributed by atoms with E-state index in [9.17, 15) is 4.79 Å². The standard InChI is InChI=1S/C22H34N4O2/c1-15-13-19(21-18(20(15)23)7-12-28-21)22(27)24-17-5-10-26(11-6-17)14-16-3-8-25(2)9-4-16/h13,16-17H,3-12,14,23H2,1-2H3,(H,24,27). The van der Waals surface area contributed by atoms with Crippen LogP contribution in [0.15, 0.2) is 6.07 Å². The van der Waals surface area contributed by atoms with Crippen LogP contribution in [0.1, 0.15) is 47.2 Å². The van der Waals surface area contributed by atoms with Gasteiger partial charge < -0.3 is 25.6 Å². The van der Waals surface area contributed by atoms with Crippen LogP contribution in [0, 0.1) is 12.8 Å². The van der Waals surface area contributed by atoms with Gasteiger partial charge in [0.15, 0.2) is 0 Å². The molecule has 6 nitrogen and oxygen atoms in total. The van der Waals surface area contributed by atoms with Crippen molar-refractivity contribution in [2.75, 3.05) is 52.1 Å². The van der Waals surface area contributed by atoms with E-state index in [1.165, 1.54) is 32.5 Å². The van der Waals surface area contributed by atoms with E-state index >= 15 is 0 Å². The first-order chi connectivity index (χ1) is 13.5. The number of piperidine rings is 2. The number of carbonyl (C=O) groups excluding carboxylic acids is 1. The molecule has 0 bridgehead atoms. The first-order valence-electron chi connectivity index (χ1n) is 10.8. The van der Waals surface area contributed by atoms with Crippen molar-refractivity contribution in [2.45, 2.75) is 45.1 Å². The highest BCUT2D eigenvalue weighted by atomic mass is 16.5. The van der Waals surface area contributed by atoms with Gasteiger partial charge in [0.05, 0.1) is 12.2 Å². The number of rotatable bonds is 4. The Morgan fingerprint density at radius 3 is 2.64 bits per heavy atom. The highest BCUT2D eigenvalue weighted by Crippen LogP contribution is 2.36. The number of likely N-dealkylation sites (tertiary alicyclic amines) is 2. The number of nitrogen functional groups attached to an aromatic ring is 1. The maximum Gasteiger partial charge on any atom is 0.255 e. The second-order valence-electron chi connectivity index (χ2n) is 8.86. The van der Waals surface area contributed by atoms with E-state index in [1.807, 2.05) is 13.0 Å². The average molecular weight is 387 g/mol. The number of nitrogens with zero attached hydrogens (tertiary/aromatic N) is 2. The van der Waals surface area contributed by atoms with Crippen LogP contribution >= 0.6 is 0 Å². The normalized spacial score (nSPS) is 22.1. The van der Waals surface area contributed by atoms with Crippen molar-refractivity contribution in [1.82, 2.24) is 15.1 Å². The third-order valence-corrected chi connectivity index (χ3v) is 6.75. The lowest BCUT2D eigenvalue weighted by Gasteiger charge is -2.37. The van der Waals surface area contributed by atoms with Gasteiger partial charge in [-0.15, -0.1) is 0 Å². The Kier molecular flexibility index (Phi) is 5.78. The number of ether oxygens (including phenoxy) is 1. The largest absolute Gasteiger partial charge is 0.492 e. The summed E-state index contributed by atoms with van der Waals surface area (Å²) in [6, 6.07) is 2.13. The monoisotopic (exact) mass is 386 g/mol. The van der Waals surface area contributed by atoms with Crippen LogP contribution in [-0.4, -0.2) is 68.1 Å². The molecular formula is C22H34N4O2. The van der Waals surface area contributed by atoms with Gasteiger partial charge in [0.2, 0.25) is 0 Å².